The molecule has 1 N–H and O–H groups in total. The van der Waals surface area contributed by atoms with Crippen LogP contribution in [0.3, 0.4) is 0 Å². The Labute approximate surface area is 219 Å². The Morgan fingerprint density at radius 2 is 1.84 bits per heavy atom. The average Bonchev–Trinajstić information content (AvgIpc) is 3.53. The fraction of sp³-hybridized carbons (Fsp3) is 0.208. The van der Waals surface area contributed by atoms with E-state index in [1.165, 1.54) is 50.9 Å². The number of thiazole rings is 1. The van der Waals surface area contributed by atoms with Gasteiger partial charge in [-0.15, -0.1) is 11.3 Å². The van der Waals surface area contributed by atoms with E-state index in [-0.39, 0.29) is 47.6 Å². The van der Waals surface area contributed by atoms with Crippen LogP contribution in [0.15, 0.2) is 71.2 Å². The molecule has 1 aliphatic heterocycles. The fourth-order valence-electron chi connectivity index (χ4n) is 4.16. The maximum atomic E-state index is 13.1. The van der Waals surface area contributed by atoms with Crippen molar-refractivity contribution in [3.05, 3.63) is 71.9 Å². The molecule has 0 bridgehead atoms. The number of halogens is 3. The lowest BCUT2D eigenvalue weighted by atomic mass is 10.1. The van der Waals surface area contributed by atoms with Crippen LogP contribution < -0.4 is 9.62 Å². The smallest absolute Gasteiger partial charge is 0.338 e. The monoisotopic (exact) mass is 563 g/mol. The number of carbonyl (C=O) groups excluding carboxylic acids is 2. The number of hydrogen-bond acceptors (Lipinski definition) is 6. The number of sulfonamides is 1. The molecule has 0 unspecified atom stereocenters. The molecule has 1 fully saturated rings. The van der Waals surface area contributed by atoms with Crippen molar-refractivity contribution in [2.75, 3.05) is 29.3 Å². The Morgan fingerprint density at radius 1 is 1.08 bits per heavy atom. The molecule has 2 aromatic carbocycles. The molecule has 9 nitrogen and oxygen atoms in total. The summed E-state index contributed by atoms with van der Waals surface area (Å²) in [7, 11) is -3.84. The van der Waals surface area contributed by atoms with Crippen molar-refractivity contribution < 1.29 is 31.2 Å². The van der Waals surface area contributed by atoms with Gasteiger partial charge < -0.3 is 14.4 Å². The molecule has 14 heteroatoms. The number of aromatic nitrogens is 2. The number of benzene rings is 2. The third-order valence-corrected chi connectivity index (χ3v) is 8.27. The molecule has 38 heavy (non-hydrogen) atoms. The summed E-state index contributed by atoms with van der Waals surface area (Å²) in [6, 6.07) is 10.7. The van der Waals surface area contributed by atoms with E-state index in [4.69, 9.17) is 0 Å². The summed E-state index contributed by atoms with van der Waals surface area (Å²) >= 11 is 1.14. The number of carbonyl (C=O) groups is 2. The van der Waals surface area contributed by atoms with Gasteiger partial charge in [0.05, 0.1) is 10.5 Å². The Bertz CT molecular complexity index is 1600. The van der Waals surface area contributed by atoms with E-state index >= 15 is 0 Å². The number of alkyl halides is 3. The Kier molecular flexibility index (Phi) is 6.61. The third kappa shape index (κ3) is 5.22. The highest BCUT2D eigenvalue weighted by molar-refractivity contribution is 7.93. The van der Waals surface area contributed by atoms with Gasteiger partial charge in [0.25, 0.3) is 10.0 Å². The van der Waals surface area contributed by atoms with Gasteiger partial charge in [-0.05, 0) is 47.9 Å². The average molecular weight is 564 g/mol. The summed E-state index contributed by atoms with van der Waals surface area (Å²) in [6.45, 7) is -0.0316. The first-order chi connectivity index (χ1) is 18.0. The summed E-state index contributed by atoms with van der Waals surface area (Å²) < 4.78 is 68.2. The van der Waals surface area contributed by atoms with Crippen molar-refractivity contribution in [1.29, 1.82) is 0 Å². The number of piperazine rings is 1. The lowest BCUT2D eigenvalue weighted by Crippen LogP contribution is -2.53. The maximum Gasteiger partial charge on any atom is 0.416 e. The molecule has 0 spiro atoms. The molecule has 3 heterocycles. The molecular weight excluding hydrogens is 543 g/mol. The first-order valence-electron chi connectivity index (χ1n) is 11.3. The van der Waals surface area contributed by atoms with Gasteiger partial charge in [-0.3, -0.25) is 14.3 Å². The Morgan fingerprint density at radius 3 is 2.50 bits per heavy atom. The molecule has 1 saturated heterocycles. The zero-order valence-electron chi connectivity index (χ0n) is 19.6. The lowest BCUT2D eigenvalue weighted by Gasteiger charge is -2.34. The first-order valence-corrected chi connectivity index (χ1v) is 13.6. The predicted molar refractivity (Wildman–Crippen MR) is 135 cm³/mol. The summed E-state index contributed by atoms with van der Waals surface area (Å²) in [5, 5.41) is 2.44. The van der Waals surface area contributed by atoms with Crippen LogP contribution in [0, 0.1) is 0 Å². The summed E-state index contributed by atoms with van der Waals surface area (Å²) in [6.07, 6.45) is -1.48. The van der Waals surface area contributed by atoms with Crippen LogP contribution in [0.2, 0.25) is 0 Å². The van der Waals surface area contributed by atoms with Gasteiger partial charge in [-0.2, -0.15) is 13.2 Å². The largest absolute Gasteiger partial charge is 0.416 e. The highest BCUT2D eigenvalue weighted by atomic mass is 32.2. The van der Waals surface area contributed by atoms with Gasteiger partial charge >= 0.3 is 6.18 Å². The Balaban J connectivity index is 1.24. The second-order valence-electron chi connectivity index (χ2n) is 8.51. The van der Waals surface area contributed by atoms with E-state index in [0.717, 1.165) is 23.5 Å². The number of anilines is 2. The summed E-state index contributed by atoms with van der Waals surface area (Å²) in [5.41, 5.74) is -0.0529. The van der Waals surface area contributed by atoms with Crippen LogP contribution in [-0.4, -0.2) is 54.3 Å². The van der Waals surface area contributed by atoms with E-state index < -0.39 is 27.7 Å². The maximum absolute atomic E-state index is 13.1. The first kappa shape index (κ1) is 25.7. The van der Waals surface area contributed by atoms with Crippen molar-refractivity contribution in [2.24, 2.45) is 0 Å². The molecule has 0 saturated carbocycles. The SMILES string of the molecule is O=C(Cn1ccc2ccc(C(F)(F)F)cc21)N1CCN(c2ccc(S(=O)(=O)Nc3nccs3)cc2)C(=O)C1. The Hall–Kier alpha value is -3.91. The molecule has 1 aliphatic rings. The van der Waals surface area contributed by atoms with Gasteiger partial charge in [0, 0.05) is 42.1 Å². The summed E-state index contributed by atoms with van der Waals surface area (Å²) in [5.74, 6) is -0.763. The van der Waals surface area contributed by atoms with Crippen molar-refractivity contribution in [3.8, 4) is 0 Å². The molecule has 198 valence electrons. The molecule has 0 atom stereocenters. The minimum absolute atomic E-state index is 0.00495. The van der Waals surface area contributed by atoms with Crippen LogP contribution in [0.25, 0.3) is 10.9 Å². The molecule has 0 radical (unpaired) electrons. The molecule has 0 aliphatic carbocycles. The zero-order chi connectivity index (χ0) is 27.1. The molecular formula is C24H20F3N5O4S2. The van der Waals surface area contributed by atoms with Crippen LogP contribution in [0.1, 0.15) is 5.56 Å². The minimum atomic E-state index is -4.50. The van der Waals surface area contributed by atoms with E-state index in [2.05, 4.69) is 9.71 Å². The van der Waals surface area contributed by atoms with Gasteiger partial charge in [0.15, 0.2) is 5.13 Å². The van der Waals surface area contributed by atoms with E-state index in [9.17, 15) is 31.2 Å². The number of hydrogen-bond donors (Lipinski definition) is 1. The topological polar surface area (TPSA) is 105 Å². The van der Waals surface area contributed by atoms with Crippen LogP contribution in [0.5, 0.6) is 0 Å². The lowest BCUT2D eigenvalue weighted by molar-refractivity contribution is -0.137. The van der Waals surface area contributed by atoms with Gasteiger partial charge in [0.1, 0.15) is 13.1 Å². The van der Waals surface area contributed by atoms with Crippen LogP contribution in [-0.2, 0) is 32.3 Å². The van der Waals surface area contributed by atoms with E-state index in [0.29, 0.717) is 11.1 Å². The second kappa shape index (κ2) is 9.76. The minimum Gasteiger partial charge on any atom is -0.338 e. The predicted octanol–water partition coefficient (Wildman–Crippen LogP) is 3.79. The third-order valence-electron chi connectivity index (χ3n) is 6.09. The van der Waals surface area contributed by atoms with Gasteiger partial charge in [-0.1, -0.05) is 6.07 Å². The van der Waals surface area contributed by atoms with Crippen molar-refractivity contribution in [1.82, 2.24) is 14.5 Å². The van der Waals surface area contributed by atoms with Gasteiger partial charge in [0.2, 0.25) is 11.8 Å². The highest BCUT2D eigenvalue weighted by Crippen LogP contribution is 2.32. The molecule has 5 rings (SSSR count). The number of fused-ring (bicyclic) bond motifs is 1. The second-order valence-corrected chi connectivity index (χ2v) is 11.1. The normalized spacial score (nSPS) is 14.8. The molecule has 2 aromatic heterocycles. The van der Waals surface area contributed by atoms with Gasteiger partial charge in [-0.25, -0.2) is 13.4 Å². The van der Waals surface area contributed by atoms with Crippen LogP contribution in [0.4, 0.5) is 24.0 Å². The van der Waals surface area contributed by atoms with E-state index in [1.54, 1.807) is 17.6 Å². The zero-order valence-corrected chi connectivity index (χ0v) is 21.2. The summed E-state index contributed by atoms with van der Waals surface area (Å²) in [4.78, 5) is 32.4. The standard InChI is InChI=1S/C24H20F3N5O4S2/c25-24(26,27)17-2-1-16-7-9-30(20(16)13-17)14-21(33)31-10-11-32(22(34)15-31)18-3-5-19(6-4-18)38(35,36)29-23-28-8-12-37-23/h1-9,12-13H,10-11,14-15H2,(H,28,29). The molecule has 4 aromatic rings. The molecule has 2 amide bonds. The quantitative estimate of drug-likeness (QED) is 0.385. The van der Waals surface area contributed by atoms with Crippen LogP contribution >= 0.6 is 11.3 Å². The number of amides is 2. The van der Waals surface area contributed by atoms with E-state index in [1.807, 2.05) is 0 Å². The van der Waals surface area contributed by atoms with Crippen molar-refractivity contribution in [2.45, 2.75) is 17.6 Å². The van der Waals surface area contributed by atoms with Crippen molar-refractivity contribution in [3.63, 3.8) is 0 Å². The highest BCUT2D eigenvalue weighted by Gasteiger charge is 2.31. The van der Waals surface area contributed by atoms with Crippen molar-refractivity contribution >= 4 is 54.9 Å². The fourth-order valence-corrected chi connectivity index (χ4v) is 5.94. The number of rotatable bonds is 6. The number of nitrogens with zero attached hydrogens (tertiary/aromatic N) is 4. The number of nitrogens with one attached hydrogen (secondary N) is 1.